The predicted octanol–water partition coefficient (Wildman–Crippen LogP) is 2.93. The Balaban J connectivity index is 1.99. The van der Waals surface area contributed by atoms with Crippen LogP contribution in [-0.2, 0) is 4.79 Å². The first kappa shape index (κ1) is 14.7. The van der Waals surface area contributed by atoms with Crippen LogP contribution in [0.5, 0.6) is 5.75 Å². The van der Waals surface area contributed by atoms with Crippen molar-refractivity contribution < 1.29 is 14.3 Å². The Morgan fingerprint density at radius 3 is 2.60 bits per heavy atom. The minimum atomic E-state index is -0.534. The average Bonchev–Trinajstić information content (AvgIpc) is 2.72. The summed E-state index contributed by atoms with van der Waals surface area (Å²) in [5.74, 6) is 0.589. The van der Waals surface area contributed by atoms with Gasteiger partial charge in [0.2, 0.25) is 0 Å². The highest BCUT2D eigenvalue weighted by atomic mass is 32.2. The van der Waals surface area contributed by atoms with E-state index in [0.29, 0.717) is 6.54 Å². The second-order valence-corrected chi connectivity index (χ2v) is 5.54. The van der Waals surface area contributed by atoms with Crippen molar-refractivity contribution >= 4 is 28.6 Å². The number of ether oxygens (including phenoxy) is 1. The first-order valence-corrected chi connectivity index (χ1v) is 7.46. The molecule has 0 bridgehead atoms. The molecule has 1 atom stereocenters. The number of nitrogens with one attached hydrogen (secondary N) is 1. The highest BCUT2D eigenvalue weighted by Gasteiger charge is 2.39. The zero-order valence-corrected chi connectivity index (χ0v) is 12.4. The van der Waals surface area contributed by atoms with E-state index in [1.807, 2.05) is 31.2 Å². The molecular formula is C14H18N2O3S. The first-order chi connectivity index (χ1) is 9.65. The summed E-state index contributed by atoms with van der Waals surface area (Å²) in [6.45, 7) is 2.53. The van der Waals surface area contributed by atoms with Crippen molar-refractivity contribution in [2.24, 2.45) is 0 Å². The van der Waals surface area contributed by atoms with Crippen LogP contribution in [0.25, 0.3) is 0 Å². The summed E-state index contributed by atoms with van der Waals surface area (Å²) >= 11 is 1.03. The van der Waals surface area contributed by atoms with Gasteiger partial charge in [-0.05, 0) is 42.4 Å². The van der Waals surface area contributed by atoms with Gasteiger partial charge in [0.25, 0.3) is 11.1 Å². The Kier molecular flexibility index (Phi) is 4.89. The molecule has 0 aliphatic carbocycles. The molecule has 6 heteroatoms. The number of thioether (sulfide) groups is 1. The van der Waals surface area contributed by atoms with Crippen molar-refractivity contribution in [2.75, 3.05) is 19.0 Å². The molecule has 1 N–H and O–H groups in total. The van der Waals surface area contributed by atoms with Crippen LogP contribution in [0.2, 0.25) is 0 Å². The number of anilines is 1. The fourth-order valence-electron chi connectivity index (χ4n) is 1.89. The molecule has 1 saturated heterocycles. The fourth-order valence-corrected chi connectivity index (χ4v) is 2.83. The van der Waals surface area contributed by atoms with Crippen molar-refractivity contribution in [1.82, 2.24) is 4.90 Å². The average molecular weight is 294 g/mol. The molecule has 1 unspecified atom stereocenters. The molecule has 2 amide bonds. The minimum Gasteiger partial charge on any atom is -0.497 e. The molecule has 0 saturated carbocycles. The quantitative estimate of drug-likeness (QED) is 0.874. The summed E-state index contributed by atoms with van der Waals surface area (Å²) in [6.07, 6.45) is 1.80. The van der Waals surface area contributed by atoms with Gasteiger partial charge in [0, 0.05) is 12.2 Å². The Bertz CT molecular complexity index is 490. The van der Waals surface area contributed by atoms with Crippen molar-refractivity contribution in [3.05, 3.63) is 24.3 Å². The number of hydrogen-bond acceptors (Lipinski definition) is 5. The summed E-state index contributed by atoms with van der Waals surface area (Å²) < 4.78 is 5.08. The maximum Gasteiger partial charge on any atom is 0.290 e. The number of imide groups is 1. The van der Waals surface area contributed by atoms with E-state index < -0.39 is 5.37 Å². The zero-order chi connectivity index (χ0) is 14.5. The number of unbranched alkanes of at least 4 members (excludes halogenated alkanes) is 1. The van der Waals surface area contributed by atoms with Crippen LogP contribution in [0.1, 0.15) is 19.8 Å². The monoisotopic (exact) mass is 294 g/mol. The van der Waals surface area contributed by atoms with Crippen molar-refractivity contribution in [3.63, 3.8) is 0 Å². The first-order valence-electron chi connectivity index (χ1n) is 6.58. The minimum absolute atomic E-state index is 0.163. The standard InChI is InChI=1S/C14H18N2O3S/c1-3-4-9-16-13(17)12(20-14(16)18)15-10-5-7-11(19-2)8-6-10/h5-8,12,15H,3-4,9H2,1-2H3. The molecule has 1 aliphatic heterocycles. The molecule has 0 radical (unpaired) electrons. The lowest BCUT2D eigenvalue weighted by Gasteiger charge is -2.14. The topological polar surface area (TPSA) is 58.6 Å². The Hall–Kier alpha value is -1.69. The molecule has 20 heavy (non-hydrogen) atoms. The molecule has 1 fully saturated rings. The Morgan fingerprint density at radius 2 is 2.00 bits per heavy atom. The number of rotatable bonds is 6. The highest BCUT2D eigenvalue weighted by Crippen LogP contribution is 2.28. The molecule has 1 aliphatic rings. The van der Waals surface area contributed by atoms with Gasteiger partial charge in [-0.25, -0.2) is 0 Å². The normalized spacial score (nSPS) is 18.5. The van der Waals surface area contributed by atoms with Gasteiger partial charge in [-0.3, -0.25) is 14.5 Å². The zero-order valence-electron chi connectivity index (χ0n) is 11.6. The van der Waals surface area contributed by atoms with Crippen LogP contribution in [-0.4, -0.2) is 35.1 Å². The maximum atomic E-state index is 12.1. The van der Waals surface area contributed by atoms with Crippen LogP contribution >= 0.6 is 11.8 Å². The van der Waals surface area contributed by atoms with Crippen LogP contribution < -0.4 is 10.1 Å². The van der Waals surface area contributed by atoms with Crippen molar-refractivity contribution in [3.8, 4) is 5.75 Å². The lowest BCUT2D eigenvalue weighted by molar-refractivity contribution is -0.126. The number of carbonyl (C=O) groups is 2. The number of amides is 2. The second-order valence-electron chi connectivity index (χ2n) is 4.48. The van der Waals surface area contributed by atoms with Crippen LogP contribution in [0.4, 0.5) is 10.5 Å². The molecule has 2 rings (SSSR count). The van der Waals surface area contributed by atoms with Crippen molar-refractivity contribution in [1.29, 1.82) is 0 Å². The molecule has 1 heterocycles. The van der Waals surface area contributed by atoms with Crippen LogP contribution in [0.3, 0.4) is 0 Å². The molecule has 1 aromatic carbocycles. The van der Waals surface area contributed by atoms with E-state index >= 15 is 0 Å². The SMILES string of the molecule is CCCCN1C(=O)SC(Nc2ccc(OC)cc2)C1=O. The summed E-state index contributed by atoms with van der Waals surface area (Å²) in [6, 6.07) is 7.27. The van der Waals surface area contributed by atoms with Crippen molar-refractivity contribution in [2.45, 2.75) is 25.1 Å². The lowest BCUT2D eigenvalue weighted by atomic mass is 10.3. The van der Waals surface area contributed by atoms with Crippen LogP contribution in [0.15, 0.2) is 24.3 Å². The van der Waals surface area contributed by atoms with Gasteiger partial charge in [0.1, 0.15) is 5.75 Å². The fraction of sp³-hybridized carbons (Fsp3) is 0.429. The molecule has 5 nitrogen and oxygen atoms in total. The third-order valence-corrected chi connectivity index (χ3v) is 4.03. The molecule has 0 aromatic heterocycles. The number of hydrogen-bond donors (Lipinski definition) is 1. The van der Waals surface area contributed by atoms with Gasteiger partial charge in [0.15, 0.2) is 5.37 Å². The summed E-state index contributed by atoms with van der Waals surface area (Å²) in [7, 11) is 1.60. The smallest absolute Gasteiger partial charge is 0.290 e. The van der Waals surface area contributed by atoms with E-state index in [1.165, 1.54) is 4.90 Å². The number of benzene rings is 1. The third-order valence-electron chi connectivity index (χ3n) is 3.05. The van der Waals surface area contributed by atoms with Gasteiger partial charge in [-0.15, -0.1) is 0 Å². The molecule has 0 spiro atoms. The Labute approximate surface area is 122 Å². The van der Waals surface area contributed by atoms with E-state index in [1.54, 1.807) is 7.11 Å². The van der Waals surface area contributed by atoms with E-state index in [4.69, 9.17) is 4.74 Å². The molecular weight excluding hydrogens is 276 g/mol. The van der Waals surface area contributed by atoms with Gasteiger partial charge >= 0.3 is 0 Å². The van der Waals surface area contributed by atoms with E-state index in [0.717, 1.165) is 36.0 Å². The summed E-state index contributed by atoms with van der Waals surface area (Å²) in [4.78, 5) is 25.3. The number of methoxy groups -OCH3 is 1. The molecule has 108 valence electrons. The lowest BCUT2D eigenvalue weighted by Crippen LogP contribution is -2.35. The van der Waals surface area contributed by atoms with E-state index in [-0.39, 0.29) is 11.1 Å². The van der Waals surface area contributed by atoms with Gasteiger partial charge < -0.3 is 10.1 Å². The Morgan fingerprint density at radius 1 is 1.30 bits per heavy atom. The van der Waals surface area contributed by atoms with Gasteiger partial charge in [0.05, 0.1) is 7.11 Å². The van der Waals surface area contributed by atoms with E-state index in [2.05, 4.69) is 5.32 Å². The van der Waals surface area contributed by atoms with Gasteiger partial charge in [-0.2, -0.15) is 0 Å². The number of nitrogens with zero attached hydrogens (tertiary/aromatic N) is 1. The largest absolute Gasteiger partial charge is 0.497 e. The third kappa shape index (κ3) is 3.25. The van der Waals surface area contributed by atoms with Crippen LogP contribution in [0, 0.1) is 0 Å². The molecule has 1 aromatic rings. The van der Waals surface area contributed by atoms with Gasteiger partial charge in [-0.1, -0.05) is 13.3 Å². The number of carbonyl (C=O) groups excluding carboxylic acids is 2. The predicted molar refractivity (Wildman–Crippen MR) is 80.0 cm³/mol. The highest BCUT2D eigenvalue weighted by molar-refractivity contribution is 8.15. The second kappa shape index (κ2) is 6.65. The van der Waals surface area contributed by atoms with E-state index in [9.17, 15) is 9.59 Å². The summed E-state index contributed by atoms with van der Waals surface area (Å²) in [5, 5.41) is 2.37. The summed E-state index contributed by atoms with van der Waals surface area (Å²) in [5.41, 5.74) is 0.793. The maximum absolute atomic E-state index is 12.1.